The molecule has 2 aromatic rings. The van der Waals surface area contributed by atoms with Gasteiger partial charge in [-0.15, -0.1) is 0 Å². The maximum atomic E-state index is 11.3. The maximum Gasteiger partial charge on any atom is 0.343 e. The molecule has 0 aromatic heterocycles. The molecule has 0 radical (unpaired) electrons. The zero-order valence-electron chi connectivity index (χ0n) is 15.5. The molecule has 0 saturated carbocycles. The lowest BCUT2D eigenvalue weighted by Gasteiger charge is -2.27. The Bertz CT molecular complexity index is 764. The lowest BCUT2D eigenvalue weighted by Crippen LogP contribution is -2.26. The molecule has 5 nitrogen and oxygen atoms in total. The van der Waals surface area contributed by atoms with Crippen LogP contribution in [-0.4, -0.2) is 26.3 Å². The summed E-state index contributed by atoms with van der Waals surface area (Å²) in [4.78, 5) is 11.3. The van der Waals surface area contributed by atoms with Gasteiger partial charge in [-0.2, -0.15) is 0 Å². The molecule has 0 aliphatic carbocycles. The van der Waals surface area contributed by atoms with E-state index in [1.165, 1.54) is 18.2 Å². The molecule has 1 unspecified atom stereocenters. The van der Waals surface area contributed by atoms with Gasteiger partial charge < -0.3 is 19.5 Å². The Balaban J connectivity index is 1.67. The van der Waals surface area contributed by atoms with E-state index in [1.54, 1.807) is 0 Å². The third kappa shape index (κ3) is 4.17. The quantitative estimate of drug-likeness (QED) is 0.804. The fourth-order valence-corrected chi connectivity index (χ4v) is 3.35. The molecule has 1 atom stereocenters. The summed E-state index contributed by atoms with van der Waals surface area (Å²) in [6.45, 7) is 5.40. The first kappa shape index (κ1) is 18.3. The van der Waals surface area contributed by atoms with Crippen LogP contribution in [0.2, 0.25) is 0 Å². The molecule has 0 spiro atoms. The third-order valence-electron chi connectivity index (χ3n) is 4.59. The summed E-state index contributed by atoms with van der Waals surface area (Å²) in [5.74, 6) is 1.33. The summed E-state index contributed by atoms with van der Waals surface area (Å²) in [6.07, 6.45) is 0.954. The van der Waals surface area contributed by atoms with Crippen LogP contribution in [0.5, 0.6) is 11.5 Å². The maximum absolute atomic E-state index is 11.3. The van der Waals surface area contributed by atoms with Crippen molar-refractivity contribution < 1.29 is 19.0 Å². The van der Waals surface area contributed by atoms with Crippen LogP contribution in [0, 0.1) is 13.8 Å². The molecule has 1 aliphatic rings. The highest BCUT2D eigenvalue weighted by atomic mass is 16.6. The zero-order valence-corrected chi connectivity index (χ0v) is 15.5. The van der Waals surface area contributed by atoms with Crippen LogP contribution in [0.1, 0.15) is 34.7 Å². The second-order valence-corrected chi connectivity index (χ2v) is 6.53. The number of hydrogen-bond donors (Lipinski definition) is 1. The van der Waals surface area contributed by atoms with Crippen molar-refractivity contribution in [1.82, 2.24) is 5.32 Å². The largest absolute Gasteiger partial charge is 0.493 e. The molecule has 138 valence electrons. The number of esters is 1. The standard InChI is InChI=1S/C21H25NO4/c1-14-10-16(11-15(2)21(14)26-13-20(23)24-3)12-22-18-8-9-25-19-7-5-4-6-17(18)19/h4-7,10-11,18,22H,8-9,12-13H2,1-3H3. The third-order valence-corrected chi connectivity index (χ3v) is 4.59. The van der Waals surface area contributed by atoms with Crippen LogP contribution >= 0.6 is 0 Å². The summed E-state index contributed by atoms with van der Waals surface area (Å²) < 4.78 is 16.0. The van der Waals surface area contributed by atoms with Crippen molar-refractivity contribution in [2.24, 2.45) is 0 Å². The van der Waals surface area contributed by atoms with Gasteiger partial charge in [0.25, 0.3) is 0 Å². The molecule has 1 heterocycles. The Morgan fingerprint density at radius 2 is 1.96 bits per heavy atom. The van der Waals surface area contributed by atoms with E-state index in [-0.39, 0.29) is 18.6 Å². The Kier molecular flexibility index (Phi) is 5.78. The average Bonchev–Trinajstić information content (AvgIpc) is 2.65. The second kappa shape index (κ2) is 8.23. The molecule has 5 heteroatoms. The van der Waals surface area contributed by atoms with Crippen LogP contribution in [0.15, 0.2) is 36.4 Å². The van der Waals surface area contributed by atoms with Gasteiger partial charge >= 0.3 is 5.97 Å². The van der Waals surface area contributed by atoms with Gasteiger partial charge in [-0.3, -0.25) is 0 Å². The summed E-state index contributed by atoms with van der Waals surface area (Å²) in [5.41, 5.74) is 4.43. The van der Waals surface area contributed by atoms with Gasteiger partial charge in [-0.25, -0.2) is 4.79 Å². The molecular weight excluding hydrogens is 330 g/mol. The Labute approximate surface area is 154 Å². The highest BCUT2D eigenvalue weighted by molar-refractivity contribution is 5.71. The van der Waals surface area contributed by atoms with Crippen molar-refractivity contribution in [2.75, 3.05) is 20.3 Å². The van der Waals surface area contributed by atoms with Crippen molar-refractivity contribution in [1.29, 1.82) is 0 Å². The minimum absolute atomic E-state index is 0.0748. The summed E-state index contributed by atoms with van der Waals surface area (Å²) in [7, 11) is 1.36. The van der Waals surface area contributed by atoms with Gasteiger partial charge in [0.2, 0.25) is 0 Å². The van der Waals surface area contributed by atoms with E-state index < -0.39 is 0 Å². The van der Waals surface area contributed by atoms with Gasteiger partial charge in [0.15, 0.2) is 6.61 Å². The summed E-state index contributed by atoms with van der Waals surface area (Å²) >= 11 is 0. The first-order valence-corrected chi connectivity index (χ1v) is 8.83. The van der Waals surface area contributed by atoms with Gasteiger partial charge in [-0.1, -0.05) is 30.3 Å². The molecule has 1 aliphatic heterocycles. The number of hydrogen-bond acceptors (Lipinski definition) is 5. The molecule has 0 fully saturated rings. The number of nitrogens with one attached hydrogen (secondary N) is 1. The number of carbonyl (C=O) groups excluding carboxylic acids is 1. The number of para-hydroxylation sites is 1. The number of aryl methyl sites for hydroxylation is 2. The van der Waals surface area contributed by atoms with Crippen LogP contribution < -0.4 is 14.8 Å². The first-order valence-electron chi connectivity index (χ1n) is 8.83. The number of ether oxygens (including phenoxy) is 3. The number of carbonyl (C=O) groups is 1. The second-order valence-electron chi connectivity index (χ2n) is 6.53. The number of rotatable bonds is 6. The molecule has 0 amide bonds. The van der Waals surface area contributed by atoms with Crippen LogP contribution in [0.25, 0.3) is 0 Å². The molecule has 26 heavy (non-hydrogen) atoms. The SMILES string of the molecule is COC(=O)COc1c(C)cc(CNC2CCOc3ccccc32)cc1C. The summed E-state index contributed by atoms with van der Waals surface area (Å²) in [5, 5.41) is 3.63. The number of benzene rings is 2. The molecule has 0 bridgehead atoms. The predicted molar refractivity (Wildman–Crippen MR) is 99.6 cm³/mol. The molecular formula is C21H25NO4. The van der Waals surface area contributed by atoms with Crippen molar-refractivity contribution in [3.63, 3.8) is 0 Å². The fraction of sp³-hybridized carbons (Fsp3) is 0.381. The van der Waals surface area contributed by atoms with Gasteiger partial charge in [0.05, 0.1) is 13.7 Å². The van der Waals surface area contributed by atoms with Crippen molar-refractivity contribution >= 4 is 5.97 Å². The van der Waals surface area contributed by atoms with E-state index >= 15 is 0 Å². The van der Waals surface area contributed by atoms with Gasteiger partial charge in [0.1, 0.15) is 11.5 Å². The topological polar surface area (TPSA) is 56.8 Å². The fourth-order valence-electron chi connectivity index (χ4n) is 3.35. The Morgan fingerprint density at radius 3 is 2.69 bits per heavy atom. The predicted octanol–water partition coefficient (Wildman–Crippen LogP) is 3.47. The number of fused-ring (bicyclic) bond motifs is 1. The van der Waals surface area contributed by atoms with Crippen LogP contribution in [0.3, 0.4) is 0 Å². The highest BCUT2D eigenvalue weighted by Crippen LogP contribution is 2.32. The van der Waals surface area contributed by atoms with Crippen molar-refractivity contribution in [3.8, 4) is 11.5 Å². The van der Waals surface area contributed by atoms with E-state index in [0.717, 1.165) is 42.2 Å². The zero-order chi connectivity index (χ0) is 18.5. The van der Waals surface area contributed by atoms with Crippen LogP contribution in [-0.2, 0) is 16.1 Å². The smallest absolute Gasteiger partial charge is 0.343 e. The van der Waals surface area contributed by atoms with Crippen LogP contribution in [0.4, 0.5) is 0 Å². The van der Waals surface area contributed by atoms with E-state index in [1.807, 2.05) is 32.0 Å². The molecule has 1 N–H and O–H groups in total. The number of methoxy groups -OCH3 is 1. The molecule has 3 rings (SSSR count). The molecule has 0 saturated heterocycles. The van der Waals surface area contributed by atoms with E-state index in [9.17, 15) is 4.79 Å². The average molecular weight is 355 g/mol. The minimum Gasteiger partial charge on any atom is -0.493 e. The normalized spacial score (nSPS) is 15.7. The van der Waals surface area contributed by atoms with Gasteiger partial charge in [-0.05, 0) is 36.6 Å². The van der Waals surface area contributed by atoms with Crippen molar-refractivity contribution in [2.45, 2.75) is 32.9 Å². The lowest BCUT2D eigenvalue weighted by molar-refractivity contribution is -0.142. The monoisotopic (exact) mass is 355 g/mol. The lowest BCUT2D eigenvalue weighted by atomic mass is 9.99. The Hall–Kier alpha value is -2.53. The molecule has 2 aromatic carbocycles. The van der Waals surface area contributed by atoms with Crippen molar-refractivity contribution in [3.05, 3.63) is 58.7 Å². The summed E-state index contributed by atoms with van der Waals surface area (Å²) in [6, 6.07) is 12.7. The van der Waals surface area contributed by atoms with E-state index in [2.05, 4.69) is 28.3 Å². The minimum atomic E-state index is -0.382. The van der Waals surface area contributed by atoms with Gasteiger partial charge in [0, 0.05) is 24.6 Å². The van der Waals surface area contributed by atoms with E-state index in [0.29, 0.717) is 0 Å². The Morgan fingerprint density at radius 1 is 1.23 bits per heavy atom. The highest BCUT2D eigenvalue weighted by Gasteiger charge is 2.20. The first-order chi connectivity index (χ1) is 12.6. The van der Waals surface area contributed by atoms with E-state index in [4.69, 9.17) is 9.47 Å².